The average Bonchev–Trinajstić information content (AvgIpc) is 3.40. The number of allylic oxidation sites excluding steroid dienone is 2. The normalized spacial score (nSPS) is 24.7. The first-order valence-electron chi connectivity index (χ1n) is 10.2. The number of amidine groups is 1. The molecule has 5 rings (SSSR count). The van der Waals surface area contributed by atoms with Crippen molar-refractivity contribution in [2.75, 3.05) is 0 Å². The highest BCUT2D eigenvalue weighted by atomic mass is 16.2. The topological polar surface area (TPSA) is 82.2 Å². The Morgan fingerprint density at radius 3 is 2.83 bits per heavy atom. The quantitative estimate of drug-likeness (QED) is 0.605. The third-order valence-corrected chi connectivity index (χ3v) is 5.82. The Kier molecular flexibility index (Phi) is 4.47. The predicted octanol–water partition coefficient (Wildman–Crippen LogP) is 4.51. The highest BCUT2D eigenvalue weighted by Crippen LogP contribution is 2.38. The molecule has 1 aliphatic carbocycles. The van der Waals surface area contributed by atoms with Crippen molar-refractivity contribution < 1.29 is 4.79 Å². The molecule has 0 saturated carbocycles. The fraction of sp³-hybridized carbons (Fsp3) is 0.208. The minimum atomic E-state index is -0.598. The lowest BCUT2D eigenvalue weighted by molar-refractivity contribution is 0.248. The van der Waals surface area contributed by atoms with E-state index in [2.05, 4.69) is 57.9 Å². The molecule has 1 aliphatic heterocycles. The fourth-order valence-corrected chi connectivity index (χ4v) is 4.11. The Morgan fingerprint density at radius 1 is 1.20 bits per heavy atom. The molecule has 0 spiro atoms. The van der Waals surface area contributed by atoms with Crippen molar-refractivity contribution in [3.63, 3.8) is 0 Å². The molecule has 3 aromatic rings. The second-order valence-corrected chi connectivity index (χ2v) is 7.67. The molecular formula is C24H23N5O. The van der Waals surface area contributed by atoms with Gasteiger partial charge in [0, 0.05) is 0 Å². The van der Waals surface area contributed by atoms with Crippen LogP contribution in [0.25, 0.3) is 11.0 Å². The first-order chi connectivity index (χ1) is 14.7. The molecule has 30 heavy (non-hydrogen) atoms. The molecule has 2 amide bonds. The van der Waals surface area contributed by atoms with Gasteiger partial charge in [0.15, 0.2) is 0 Å². The van der Waals surface area contributed by atoms with Gasteiger partial charge < -0.3 is 10.3 Å². The van der Waals surface area contributed by atoms with Gasteiger partial charge in [-0.15, -0.1) is 0 Å². The van der Waals surface area contributed by atoms with Gasteiger partial charge in [0.05, 0.1) is 17.4 Å². The summed E-state index contributed by atoms with van der Waals surface area (Å²) >= 11 is 0. The number of carbonyl (C=O) groups excluding carboxylic acids is 1. The molecule has 2 atom stereocenters. The first-order valence-corrected chi connectivity index (χ1v) is 10.2. The zero-order valence-corrected chi connectivity index (χ0v) is 16.7. The minimum absolute atomic E-state index is 0.230. The van der Waals surface area contributed by atoms with E-state index in [4.69, 9.17) is 4.99 Å². The Labute approximate surface area is 174 Å². The monoisotopic (exact) mass is 397 g/mol. The smallest absolute Gasteiger partial charge is 0.321 e. The Hall–Kier alpha value is -3.67. The summed E-state index contributed by atoms with van der Waals surface area (Å²) in [6, 6.07) is 15.6. The molecule has 1 aromatic heterocycles. The highest BCUT2D eigenvalue weighted by Gasteiger charge is 2.36. The molecule has 2 aromatic carbocycles. The van der Waals surface area contributed by atoms with Crippen molar-refractivity contribution in [3.05, 3.63) is 89.8 Å². The van der Waals surface area contributed by atoms with E-state index in [1.807, 2.05) is 36.4 Å². The van der Waals surface area contributed by atoms with Crippen molar-refractivity contribution in [1.82, 2.24) is 20.6 Å². The molecule has 150 valence electrons. The third-order valence-electron chi connectivity index (χ3n) is 5.82. The van der Waals surface area contributed by atoms with Gasteiger partial charge in [-0.2, -0.15) is 0 Å². The van der Waals surface area contributed by atoms with Gasteiger partial charge in [-0.3, -0.25) is 10.3 Å². The Morgan fingerprint density at radius 2 is 2.07 bits per heavy atom. The van der Waals surface area contributed by atoms with Gasteiger partial charge in [-0.25, -0.2) is 9.78 Å². The summed E-state index contributed by atoms with van der Waals surface area (Å²) in [5.41, 5.74) is 4.64. The highest BCUT2D eigenvalue weighted by molar-refractivity contribution is 6.07. The number of aromatic amines is 1. The van der Waals surface area contributed by atoms with Crippen LogP contribution in [0.15, 0.2) is 83.7 Å². The lowest BCUT2D eigenvalue weighted by Gasteiger charge is -2.30. The fourth-order valence-electron chi connectivity index (χ4n) is 4.11. The zero-order valence-electron chi connectivity index (χ0n) is 16.7. The number of nitrogens with zero attached hydrogens (tertiary/aromatic N) is 2. The van der Waals surface area contributed by atoms with E-state index in [9.17, 15) is 4.79 Å². The summed E-state index contributed by atoms with van der Waals surface area (Å²) in [6.45, 7) is 2.15. The molecule has 3 N–H and O–H groups in total. The average molecular weight is 397 g/mol. The van der Waals surface area contributed by atoms with Crippen LogP contribution < -0.4 is 10.6 Å². The van der Waals surface area contributed by atoms with E-state index in [-0.39, 0.29) is 12.1 Å². The van der Waals surface area contributed by atoms with Crippen molar-refractivity contribution in [1.29, 1.82) is 0 Å². The molecule has 0 radical (unpaired) electrons. The van der Waals surface area contributed by atoms with Crippen LogP contribution in [-0.4, -0.2) is 21.8 Å². The van der Waals surface area contributed by atoms with Crippen LogP contribution in [0.1, 0.15) is 36.9 Å². The maximum atomic E-state index is 12.2. The molecule has 2 aliphatic rings. The summed E-state index contributed by atoms with van der Waals surface area (Å²) in [6.07, 6.45) is 9.95. The number of carbonyl (C=O) groups is 1. The summed E-state index contributed by atoms with van der Waals surface area (Å²) < 4.78 is 0. The maximum absolute atomic E-state index is 12.2. The van der Waals surface area contributed by atoms with Gasteiger partial charge in [-0.1, -0.05) is 67.1 Å². The number of urea groups is 1. The third kappa shape index (κ3) is 3.20. The SMILES string of the molecule is CCC1=CCC(N=C2NC(=O)NC2c2ccccc2)(c2ccc3nc[nH]c3c2)C=C1. The number of aromatic nitrogens is 2. The van der Waals surface area contributed by atoms with Gasteiger partial charge in [0.2, 0.25) is 0 Å². The van der Waals surface area contributed by atoms with Crippen LogP contribution in [0.2, 0.25) is 0 Å². The Balaban J connectivity index is 1.62. The van der Waals surface area contributed by atoms with Gasteiger partial charge in [0.25, 0.3) is 0 Å². The van der Waals surface area contributed by atoms with Crippen molar-refractivity contribution in [2.24, 2.45) is 4.99 Å². The Bertz CT molecular complexity index is 1190. The molecule has 6 heteroatoms. The molecular weight excluding hydrogens is 374 g/mol. The van der Waals surface area contributed by atoms with Crippen LogP contribution in [0.5, 0.6) is 0 Å². The van der Waals surface area contributed by atoms with Crippen LogP contribution in [0.4, 0.5) is 4.79 Å². The molecule has 1 saturated heterocycles. The molecule has 6 nitrogen and oxygen atoms in total. The summed E-state index contributed by atoms with van der Waals surface area (Å²) in [5, 5.41) is 5.91. The van der Waals surface area contributed by atoms with Crippen molar-refractivity contribution in [3.8, 4) is 0 Å². The van der Waals surface area contributed by atoms with Crippen molar-refractivity contribution >= 4 is 22.9 Å². The summed E-state index contributed by atoms with van der Waals surface area (Å²) in [4.78, 5) is 24.9. The maximum Gasteiger partial charge on any atom is 0.321 e. The number of benzene rings is 2. The van der Waals surface area contributed by atoms with Gasteiger partial charge in [-0.05, 0) is 36.1 Å². The molecule has 0 bridgehead atoms. The van der Waals surface area contributed by atoms with E-state index in [1.165, 1.54) is 5.57 Å². The summed E-state index contributed by atoms with van der Waals surface area (Å²) in [7, 11) is 0. The number of hydrogen-bond donors (Lipinski definition) is 3. The largest absolute Gasteiger partial charge is 0.345 e. The van der Waals surface area contributed by atoms with E-state index >= 15 is 0 Å². The van der Waals surface area contributed by atoms with Crippen LogP contribution in [0, 0.1) is 0 Å². The van der Waals surface area contributed by atoms with Crippen LogP contribution in [0.3, 0.4) is 0 Å². The zero-order chi connectivity index (χ0) is 20.6. The molecule has 2 unspecified atom stereocenters. The second-order valence-electron chi connectivity index (χ2n) is 7.67. The number of rotatable bonds is 4. The summed E-state index contributed by atoms with van der Waals surface area (Å²) in [5.74, 6) is 0.633. The van der Waals surface area contributed by atoms with E-state index in [0.29, 0.717) is 5.84 Å². The van der Waals surface area contributed by atoms with E-state index < -0.39 is 5.54 Å². The number of amides is 2. The van der Waals surface area contributed by atoms with Crippen molar-refractivity contribution in [2.45, 2.75) is 31.3 Å². The minimum Gasteiger partial charge on any atom is -0.345 e. The molecule has 1 fully saturated rings. The first kappa shape index (κ1) is 18.4. The van der Waals surface area contributed by atoms with Crippen LogP contribution in [-0.2, 0) is 5.54 Å². The number of nitrogens with one attached hydrogen (secondary N) is 3. The number of H-pyrrole nitrogens is 1. The molecule has 2 heterocycles. The van der Waals surface area contributed by atoms with E-state index in [1.54, 1.807) is 6.33 Å². The number of fused-ring (bicyclic) bond motifs is 1. The van der Waals surface area contributed by atoms with Crippen LogP contribution >= 0.6 is 0 Å². The predicted molar refractivity (Wildman–Crippen MR) is 118 cm³/mol. The lowest BCUT2D eigenvalue weighted by atomic mass is 9.82. The van der Waals surface area contributed by atoms with E-state index in [0.717, 1.165) is 35.0 Å². The lowest BCUT2D eigenvalue weighted by Crippen LogP contribution is -2.30. The van der Waals surface area contributed by atoms with Gasteiger partial charge >= 0.3 is 6.03 Å². The number of imidazole rings is 1. The van der Waals surface area contributed by atoms with Gasteiger partial charge in [0.1, 0.15) is 17.4 Å². The number of aliphatic imine (C=N–C) groups is 1. The second kappa shape index (κ2) is 7.30. The number of hydrogen-bond acceptors (Lipinski definition) is 3. The standard InChI is InChI=1S/C24H23N5O/c1-2-16-10-12-24(13-11-16,18-8-9-19-20(14-18)26-15-25-19)29-22-21(27-23(30)28-22)17-6-4-3-5-7-17/h3-12,14-15,21H,2,13H2,1H3,(H,25,26)(H2,27,28,29,30).